The van der Waals surface area contributed by atoms with E-state index in [4.69, 9.17) is 9.15 Å². The first-order chi connectivity index (χ1) is 14.5. The number of hydrogen-bond acceptors (Lipinski definition) is 6. The molecule has 1 aromatic carbocycles. The van der Waals surface area contributed by atoms with Gasteiger partial charge in [-0.15, -0.1) is 0 Å². The lowest BCUT2D eigenvalue weighted by Crippen LogP contribution is -2.19. The maximum Gasteiger partial charge on any atom is 0.341 e. The lowest BCUT2D eigenvalue weighted by atomic mass is 10.2. The summed E-state index contributed by atoms with van der Waals surface area (Å²) in [6.45, 7) is 1.72. The van der Waals surface area contributed by atoms with Crippen LogP contribution in [0.3, 0.4) is 0 Å². The van der Waals surface area contributed by atoms with Crippen molar-refractivity contribution in [1.29, 1.82) is 0 Å². The second-order valence-electron chi connectivity index (χ2n) is 6.21. The Morgan fingerprint density at radius 1 is 1.27 bits per heavy atom. The summed E-state index contributed by atoms with van der Waals surface area (Å²) in [6, 6.07) is 9.22. The van der Waals surface area contributed by atoms with Gasteiger partial charge < -0.3 is 19.2 Å². The Morgan fingerprint density at radius 3 is 2.80 bits per heavy atom. The van der Waals surface area contributed by atoms with E-state index in [0.29, 0.717) is 28.4 Å². The number of aromatic nitrogens is 1. The number of hydrogen-bond donors (Lipinski definition) is 1. The number of nitrogens with one attached hydrogen (secondary N) is 1. The molecule has 0 bridgehead atoms. The summed E-state index contributed by atoms with van der Waals surface area (Å²) in [4.78, 5) is 27.5. The minimum atomic E-state index is -0.567. The van der Waals surface area contributed by atoms with Crippen LogP contribution in [-0.4, -0.2) is 24.0 Å². The lowest BCUT2D eigenvalue weighted by Gasteiger charge is -2.06. The summed E-state index contributed by atoms with van der Waals surface area (Å²) < 4.78 is 29.7. The molecule has 0 fully saturated rings. The molecule has 2 heterocycles. The van der Waals surface area contributed by atoms with Gasteiger partial charge in [0, 0.05) is 12.3 Å². The standard InChI is InChI=1S/C22H19FN2O5/c1-14-18(22(27)28-2)11-17(29-14)13-25-21(26)8-6-15-5-7-20(19(23)10-15)30-16-4-3-9-24-12-16/h3-12H,13H2,1-2H3,(H,25,26)/b8-6+. The van der Waals surface area contributed by atoms with Gasteiger partial charge in [-0.05, 0) is 48.9 Å². The summed E-state index contributed by atoms with van der Waals surface area (Å²) in [5.74, 6) is -0.181. The molecule has 0 aliphatic heterocycles. The first-order valence-corrected chi connectivity index (χ1v) is 8.97. The molecule has 3 aromatic rings. The van der Waals surface area contributed by atoms with E-state index >= 15 is 0 Å². The molecule has 7 nitrogen and oxygen atoms in total. The molecule has 30 heavy (non-hydrogen) atoms. The van der Waals surface area contributed by atoms with Crippen LogP contribution in [0.2, 0.25) is 0 Å². The van der Waals surface area contributed by atoms with Gasteiger partial charge in [-0.2, -0.15) is 0 Å². The number of carbonyl (C=O) groups is 2. The fraction of sp³-hybridized carbons (Fsp3) is 0.136. The first kappa shape index (κ1) is 20.8. The molecule has 1 amide bonds. The van der Waals surface area contributed by atoms with Crippen LogP contribution in [0.5, 0.6) is 11.5 Å². The Kier molecular flexibility index (Phi) is 6.59. The van der Waals surface area contributed by atoms with Gasteiger partial charge >= 0.3 is 5.97 Å². The van der Waals surface area contributed by atoms with Crippen molar-refractivity contribution in [3.8, 4) is 11.5 Å². The van der Waals surface area contributed by atoms with Crippen LogP contribution in [0.25, 0.3) is 6.08 Å². The van der Waals surface area contributed by atoms with Gasteiger partial charge in [0.2, 0.25) is 5.91 Å². The largest absolute Gasteiger partial charge is 0.465 e. The molecule has 154 valence electrons. The quantitative estimate of drug-likeness (QED) is 0.467. The number of esters is 1. The zero-order chi connectivity index (χ0) is 21.5. The van der Waals surface area contributed by atoms with Crippen molar-refractivity contribution in [2.75, 3.05) is 7.11 Å². The minimum absolute atomic E-state index is 0.0548. The first-order valence-electron chi connectivity index (χ1n) is 8.97. The van der Waals surface area contributed by atoms with Crippen LogP contribution in [-0.2, 0) is 16.1 Å². The third-order valence-corrected chi connectivity index (χ3v) is 4.06. The maximum absolute atomic E-state index is 14.2. The SMILES string of the molecule is COC(=O)c1cc(CNC(=O)/C=C/c2ccc(Oc3cccnc3)c(F)c2)oc1C. The lowest BCUT2D eigenvalue weighted by molar-refractivity contribution is -0.116. The van der Waals surface area contributed by atoms with Crippen LogP contribution in [0, 0.1) is 12.7 Å². The molecule has 1 N–H and O–H groups in total. The van der Waals surface area contributed by atoms with Gasteiger partial charge in [0.05, 0.1) is 19.9 Å². The summed E-state index contributed by atoms with van der Waals surface area (Å²) in [5, 5.41) is 2.63. The molecule has 0 unspecified atom stereocenters. The molecule has 0 radical (unpaired) electrons. The average molecular weight is 410 g/mol. The maximum atomic E-state index is 14.2. The smallest absolute Gasteiger partial charge is 0.341 e. The van der Waals surface area contributed by atoms with E-state index in [-0.39, 0.29) is 12.3 Å². The number of nitrogens with zero attached hydrogens (tertiary/aromatic N) is 1. The summed E-state index contributed by atoms with van der Waals surface area (Å²) in [6.07, 6.45) is 5.81. The van der Waals surface area contributed by atoms with Gasteiger partial charge in [0.15, 0.2) is 11.6 Å². The highest BCUT2D eigenvalue weighted by molar-refractivity contribution is 5.92. The Hall–Kier alpha value is -3.94. The summed E-state index contributed by atoms with van der Waals surface area (Å²) >= 11 is 0. The van der Waals surface area contributed by atoms with Gasteiger partial charge in [0.25, 0.3) is 0 Å². The van der Waals surface area contributed by atoms with Crippen molar-refractivity contribution in [2.45, 2.75) is 13.5 Å². The molecule has 0 aliphatic rings. The second kappa shape index (κ2) is 9.51. The number of amides is 1. The van der Waals surface area contributed by atoms with Crippen molar-refractivity contribution in [3.05, 3.63) is 83.3 Å². The number of rotatable bonds is 7. The number of furan rings is 1. The Morgan fingerprint density at radius 2 is 2.10 bits per heavy atom. The van der Waals surface area contributed by atoms with Crippen LogP contribution >= 0.6 is 0 Å². The Balaban J connectivity index is 1.57. The monoisotopic (exact) mass is 410 g/mol. The average Bonchev–Trinajstić information content (AvgIpc) is 3.13. The van der Waals surface area contributed by atoms with E-state index in [1.807, 2.05) is 0 Å². The van der Waals surface area contributed by atoms with Gasteiger partial charge in [-0.3, -0.25) is 9.78 Å². The minimum Gasteiger partial charge on any atom is -0.465 e. The predicted molar refractivity (Wildman–Crippen MR) is 106 cm³/mol. The zero-order valence-corrected chi connectivity index (χ0v) is 16.3. The van der Waals surface area contributed by atoms with E-state index < -0.39 is 17.7 Å². The zero-order valence-electron chi connectivity index (χ0n) is 16.3. The van der Waals surface area contributed by atoms with E-state index in [1.54, 1.807) is 31.3 Å². The summed E-state index contributed by atoms with van der Waals surface area (Å²) in [7, 11) is 1.28. The van der Waals surface area contributed by atoms with E-state index in [1.165, 1.54) is 43.7 Å². The normalized spacial score (nSPS) is 10.8. The van der Waals surface area contributed by atoms with Crippen molar-refractivity contribution in [2.24, 2.45) is 0 Å². The number of benzene rings is 1. The van der Waals surface area contributed by atoms with Gasteiger partial charge in [-0.25, -0.2) is 9.18 Å². The van der Waals surface area contributed by atoms with E-state index in [9.17, 15) is 14.0 Å². The van der Waals surface area contributed by atoms with Crippen LogP contribution in [0.1, 0.15) is 27.4 Å². The predicted octanol–water partition coefficient (Wildman–Crippen LogP) is 4.03. The fourth-order valence-electron chi connectivity index (χ4n) is 2.59. The molecule has 0 spiro atoms. The Bertz CT molecular complexity index is 1080. The number of pyridine rings is 1. The van der Waals surface area contributed by atoms with Crippen molar-refractivity contribution in [3.63, 3.8) is 0 Å². The molecule has 0 atom stereocenters. The van der Waals surface area contributed by atoms with Crippen molar-refractivity contribution < 1.29 is 27.9 Å². The topological polar surface area (TPSA) is 90.7 Å². The van der Waals surface area contributed by atoms with Crippen molar-refractivity contribution >= 4 is 18.0 Å². The molecule has 8 heteroatoms. The fourth-order valence-corrected chi connectivity index (χ4v) is 2.59. The molecule has 3 rings (SSSR count). The highest BCUT2D eigenvalue weighted by atomic mass is 19.1. The highest BCUT2D eigenvalue weighted by Gasteiger charge is 2.15. The third-order valence-electron chi connectivity index (χ3n) is 4.06. The molecular weight excluding hydrogens is 391 g/mol. The highest BCUT2D eigenvalue weighted by Crippen LogP contribution is 2.24. The number of ether oxygens (including phenoxy) is 2. The van der Waals surface area contributed by atoms with Crippen molar-refractivity contribution in [1.82, 2.24) is 10.3 Å². The van der Waals surface area contributed by atoms with E-state index in [0.717, 1.165) is 0 Å². The number of methoxy groups -OCH3 is 1. The Labute approximate surface area is 172 Å². The molecular formula is C22H19FN2O5. The third kappa shape index (κ3) is 5.32. The van der Waals surface area contributed by atoms with Crippen LogP contribution in [0.15, 0.2) is 59.3 Å². The second-order valence-corrected chi connectivity index (χ2v) is 6.21. The molecule has 0 saturated heterocycles. The molecule has 2 aromatic heterocycles. The van der Waals surface area contributed by atoms with Crippen LogP contribution < -0.4 is 10.1 Å². The number of halogens is 1. The number of aryl methyl sites for hydroxylation is 1. The van der Waals surface area contributed by atoms with Gasteiger partial charge in [0.1, 0.15) is 22.8 Å². The van der Waals surface area contributed by atoms with Gasteiger partial charge in [-0.1, -0.05) is 6.07 Å². The molecule has 0 saturated carbocycles. The molecule has 0 aliphatic carbocycles. The van der Waals surface area contributed by atoms with Crippen LogP contribution in [0.4, 0.5) is 4.39 Å². The van der Waals surface area contributed by atoms with E-state index in [2.05, 4.69) is 15.0 Å². The number of carbonyl (C=O) groups excluding carboxylic acids is 2. The summed E-state index contributed by atoms with van der Waals surface area (Å²) in [5.41, 5.74) is 0.796.